The van der Waals surface area contributed by atoms with Crippen LogP contribution in [0.3, 0.4) is 0 Å². The summed E-state index contributed by atoms with van der Waals surface area (Å²) in [4.78, 5) is 33.8. The maximum absolute atomic E-state index is 12.1. The lowest BCUT2D eigenvalue weighted by atomic mass is 9.74. The quantitative estimate of drug-likeness (QED) is 0.499. The van der Waals surface area contributed by atoms with Crippen molar-refractivity contribution in [2.45, 2.75) is 52.1 Å². The fourth-order valence-electron chi connectivity index (χ4n) is 1.18. The number of hydrogen-bond acceptors (Lipinski definition) is 4. The molecule has 1 atom stereocenters. The number of aliphatic carboxylic acids is 1. The van der Waals surface area contributed by atoms with Crippen molar-refractivity contribution in [2.24, 2.45) is 16.9 Å². The van der Waals surface area contributed by atoms with Gasteiger partial charge in [0.25, 0.3) is 0 Å². The third-order valence-electron chi connectivity index (χ3n) is 3.46. The van der Waals surface area contributed by atoms with Crippen LogP contribution >= 0.6 is 0 Å². The van der Waals surface area contributed by atoms with Crippen LogP contribution < -0.4 is 16.8 Å². The average Bonchev–Trinajstić information content (AvgIpc) is 2.21. The zero-order chi connectivity index (χ0) is 15.4. The van der Waals surface area contributed by atoms with Crippen LogP contribution in [0.5, 0.6) is 0 Å². The predicted octanol–water partition coefficient (Wildman–Crippen LogP) is -0.415. The average molecular weight is 273 g/mol. The fraction of sp³-hybridized carbons (Fsp3) is 0.750. The topological polar surface area (TPSA) is 136 Å². The van der Waals surface area contributed by atoms with Crippen molar-refractivity contribution in [3.8, 4) is 0 Å². The second-order valence-electron chi connectivity index (χ2n) is 5.72. The Bertz CT molecular complexity index is 372. The van der Waals surface area contributed by atoms with E-state index >= 15 is 0 Å². The molecule has 0 aromatic carbocycles. The van der Waals surface area contributed by atoms with Crippen molar-refractivity contribution in [1.29, 1.82) is 0 Å². The molecule has 7 heteroatoms. The van der Waals surface area contributed by atoms with E-state index in [2.05, 4.69) is 5.32 Å². The summed E-state index contributed by atoms with van der Waals surface area (Å²) in [6.45, 7) is 6.64. The first-order valence-electron chi connectivity index (χ1n) is 6.00. The number of nitrogens with two attached hydrogens (primary N) is 2. The molecular weight excluding hydrogens is 250 g/mol. The molecule has 0 spiro atoms. The van der Waals surface area contributed by atoms with E-state index in [-0.39, 0.29) is 12.8 Å². The minimum Gasteiger partial charge on any atom is -0.480 e. The molecule has 0 heterocycles. The fourth-order valence-corrected chi connectivity index (χ4v) is 1.18. The molecule has 0 fully saturated rings. The first kappa shape index (κ1) is 17.4. The molecule has 110 valence electrons. The van der Waals surface area contributed by atoms with E-state index in [1.165, 1.54) is 0 Å². The van der Waals surface area contributed by atoms with Gasteiger partial charge in [-0.1, -0.05) is 0 Å². The van der Waals surface area contributed by atoms with Crippen LogP contribution in [0.4, 0.5) is 0 Å². The van der Waals surface area contributed by atoms with Gasteiger partial charge < -0.3 is 21.9 Å². The van der Waals surface area contributed by atoms with E-state index in [1.54, 1.807) is 27.7 Å². The van der Waals surface area contributed by atoms with Gasteiger partial charge in [-0.05, 0) is 34.1 Å². The van der Waals surface area contributed by atoms with Crippen molar-refractivity contribution < 1.29 is 19.5 Å². The van der Waals surface area contributed by atoms with Crippen molar-refractivity contribution in [2.75, 3.05) is 0 Å². The molecule has 19 heavy (non-hydrogen) atoms. The SMILES string of the molecule is CC(C)(N)C(C)(C)C(=O)NC(CCC(N)=O)C(=O)O. The molecule has 7 nitrogen and oxygen atoms in total. The van der Waals surface area contributed by atoms with Crippen LogP contribution in [0.25, 0.3) is 0 Å². The Morgan fingerprint density at radius 3 is 2.00 bits per heavy atom. The second-order valence-corrected chi connectivity index (χ2v) is 5.72. The van der Waals surface area contributed by atoms with Gasteiger partial charge in [-0.3, -0.25) is 9.59 Å². The summed E-state index contributed by atoms with van der Waals surface area (Å²) in [7, 11) is 0. The van der Waals surface area contributed by atoms with E-state index in [0.29, 0.717) is 0 Å². The summed E-state index contributed by atoms with van der Waals surface area (Å²) < 4.78 is 0. The smallest absolute Gasteiger partial charge is 0.326 e. The minimum atomic E-state index is -1.21. The zero-order valence-electron chi connectivity index (χ0n) is 11.8. The number of rotatable bonds is 7. The lowest BCUT2D eigenvalue weighted by Gasteiger charge is -2.37. The van der Waals surface area contributed by atoms with Gasteiger partial charge in [0.15, 0.2) is 0 Å². The van der Waals surface area contributed by atoms with Gasteiger partial charge in [0, 0.05) is 12.0 Å². The molecule has 0 bridgehead atoms. The summed E-state index contributed by atoms with van der Waals surface area (Å²) in [5.41, 5.74) is 9.10. The maximum Gasteiger partial charge on any atom is 0.326 e. The highest BCUT2D eigenvalue weighted by Gasteiger charge is 2.41. The van der Waals surface area contributed by atoms with Gasteiger partial charge in [-0.2, -0.15) is 0 Å². The van der Waals surface area contributed by atoms with Crippen molar-refractivity contribution >= 4 is 17.8 Å². The van der Waals surface area contributed by atoms with Crippen LogP contribution in [-0.2, 0) is 14.4 Å². The van der Waals surface area contributed by atoms with E-state index in [1.807, 2.05) is 0 Å². The number of primary amides is 1. The highest BCUT2D eigenvalue weighted by molar-refractivity contribution is 5.88. The number of carboxylic acid groups (broad SMARTS) is 1. The molecule has 0 rings (SSSR count). The molecule has 6 N–H and O–H groups in total. The summed E-state index contributed by atoms with van der Waals surface area (Å²) in [6, 6.07) is -1.15. The Morgan fingerprint density at radius 2 is 1.68 bits per heavy atom. The molecular formula is C12H23N3O4. The van der Waals surface area contributed by atoms with E-state index < -0.39 is 34.8 Å². The Kier molecular flexibility index (Phi) is 5.49. The molecule has 2 amide bonds. The highest BCUT2D eigenvalue weighted by atomic mass is 16.4. The summed E-state index contributed by atoms with van der Waals surface area (Å²) in [5, 5.41) is 11.4. The summed E-state index contributed by atoms with van der Waals surface area (Å²) >= 11 is 0. The van der Waals surface area contributed by atoms with Gasteiger partial charge in [0.1, 0.15) is 6.04 Å². The number of carbonyl (C=O) groups excluding carboxylic acids is 2. The van der Waals surface area contributed by atoms with Crippen molar-refractivity contribution in [1.82, 2.24) is 5.32 Å². The third-order valence-corrected chi connectivity index (χ3v) is 3.46. The third kappa shape index (κ3) is 4.86. The van der Waals surface area contributed by atoms with Gasteiger partial charge in [-0.25, -0.2) is 4.79 Å². The van der Waals surface area contributed by atoms with E-state index in [0.717, 1.165) is 0 Å². The first-order chi connectivity index (χ1) is 8.39. The molecule has 0 radical (unpaired) electrons. The van der Waals surface area contributed by atoms with Gasteiger partial charge in [-0.15, -0.1) is 0 Å². The number of nitrogens with one attached hydrogen (secondary N) is 1. The van der Waals surface area contributed by atoms with Crippen molar-refractivity contribution in [3.63, 3.8) is 0 Å². The van der Waals surface area contributed by atoms with Crippen molar-refractivity contribution in [3.05, 3.63) is 0 Å². The van der Waals surface area contributed by atoms with Crippen LogP contribution in [0.2, 0.25) is 0 Å². The van der Waals surface area contributed by atoms with Crippen LogP contribution in [-0.4, -0.2) is 34.5 Å². The summed E-state index contributed by atoms with van der Waals surface area (Å²) in [5.74, 6) is -2.30. The summed E-state index contributed by atoms with van der Waals surface area (Å²) in [6.07, 6.45) is -0.152. The Hall–Kier alpha value is -1.63. The van der Waals surface area contributed by atoms with Gasteiger partial charge in [0.05, 0.1) is 5.41 Å². The Balaban J connectivity index is 4.82. The first-order valence-corrected chi connectivity index (χ1v) is 6.00. The molecule has 0 saturated heterocycles. The standard InChI is InChI=1S/C12H23N3O4/c1-11(2,12(3,4)14)10(19)15-7(9(17)18)5-6-8(13)16/h7H,5-6,14H2,1-4H3,(H2,13,16)(H,15,19)(H,17,18). The Morgan fingerprint density at radius 1 is 1.21 bits per heavy atom. The maximum atomic E-state index is 12.1. The molecule has 1 unspecified atom stereocenters. The number of carboxylic acids is 1. The number of carbonyl (C=O) groups is 3. The minimum absolute atomic E-state index is 0.0442. The molecule has 0 aromatic rings. The molecule has 0 aliphatic carbocycles. The molecule has 0 saturated carbocycles. The van der Waals surface area contributed by atoms with E-state index in [9.17, 15) is 14.4 Å². The zero-order valence-corrected chi connectivity index (χ0v) is 11.8. The van der Waals surface area contributed by atoms with E-state index in [4.69, 9.17) is 16.6 Å². The lowest BCUT2D eigenvalue weighted by Crippen LogP contribution is -2.58. The number of amides is 2. The lowest BCUT2D eigenvalue weighted by molar-refractivity contribution is -0.144. The van der Waals surface area contributed by atoms with Gasteiger partial charge >= 0.3 is 5.97 Å². The predicted molar refractivity (Wildman–Crippen MR) is 70.0 cm³/mol. The Labute approximate surface area is 112 Å². The largest absolute Gasteiger partial charge is 0.480 e. The molecule has 0 aromatic heterocycles. The molecule has 0 aliphatic heterocycles. The van der Waals surface area contributed by atoms with Crippen LogP contribution in [0.15, 0.2) is 0 Å². The molecule has 0 aliphatic rings. The van der Waals surface area contributed by atoms with Crippen LogP contribution in [0.1, 0.15) is 40.5 Å². The van der Waals surface area contributed by atoms with Gasteiger partial charge in [0.2, 0.25) is 11.8 Å². The normalized spacial score (nSPS) is 13.7. The second kappa shape index (κ2) is 6.01. The van der Waals surface area contributed by atoms with Crippen LogP contribution in [0, 0.1) is 5.41 Å². The monoisotopic (exact) mass is 273 g/mol. The highest BCUT2D eigenvalue weighted by Crippen LogP contribution is 2.28. The number of hydrogen-bond donors (Lipinski definition) is 4.